The summed E-state index contributed by atoms with van der Waals surface area (Å²) in [5, 5.41) is 28.7. The topological polar surface area (TPSA) is 87.0 Å². The quantitative estimate of drug-likeness (QED) is 0.592. The predicted octanol–water partition coefficient (Wildman–Crippen LogP) is 0.0102. The number of esters is 1. The Labute approximate surface area is 99.0 Å². The Morgan fingerprint density at radius 3 is 2.88 bits per heavy atom. The lowest BCUT2D eigenvalue weighted by atomic mass is 9.87. The Morgan fingerprint density at radius 1 is 1.53 bits per heavy atom. The Bertz CT molecular complexity index is 396. The van der Waals surface area contributed by atoms with Crippen LogP contribution in [0.5, 0.6) is 0 Å². The second-order valence-electron chi connectivity index (χ2n) is 4.34. The summed E-state index contributed by atoms with van der Waals surface area (Å²) >= 11 is 0. The summed E-state index contributed by atoms with van der Waals surface area (Å²) in [5.41, 5.74) is 0.749. The van der Waals surface area contributed by atoms with Gasteiger partial charge in [-0.2, -0.15) is 0 Å². The lowest BCUT2D eigenvalue weighted by Crippen LogP contribution is -2.33. The summed E-state index contributed by atoms with van der Waals surface area (Å²) in [5.74, 6) is -0.300. The van der Waals surface area contributed by atoms with E-state index in [0.717, 1.165) is 0 Å². The van der Waals surface area contributed by atoms with Gasteiger partial charge in [-0.15, -0.1) is 0 Å². The molecule has 0 aromatic rings. The molecule has 1 heterocycles. The molecular weight excluding hydrogens is 224 g/mol. The Hall–Kier alpha value is -1.17. The van der Waals surface area contributed by atoms with Crippen molar-refractivity contribution in [2.45, 2.75) is 44.5 Å². The molecule has 2 aliphatic rings. The maximum atomic E-state index is 11.6. The molecule has 3 atom stereocenters. The summed E-state index contributed by atoms with van der Waals surface area (Å²) in [6.45, 7) is 1.81. The number of ether oxygens (including phenoxy) is 1. The van der Waals surface area contributed by atoms with Crippen molar-refractivity contribution < 1.29 is 24.9 Å². The van der Waals surface area contributed by atoms with E-state index in [1.807, 2.05) is 6.92 Å². The first kappa shape index (κ1) is 12.3. The molecule has 0 aromatic heterocycles. The number of aliphatic hydroxyl groups excluding tert-OH is 3. The molecule has 0 fully saturated rings. The molecule has 0 saturated carbocycles. The van der Waals surface area contributed by atoms with Gasteiger partial charge in [0.25, 0.3) is 0 Å². The molecule has 94 valence electrons. The minimum absolute atomic E-state index is 0.137. The fourth-order valence-corrected chi connectivity index (χ4v) is 2.10. The molecule has 0 saturated heterocycles. The van der Waals surface area contributed by atoms with Crippen LogP contribution in [0.2, 0.25) is 0 Å². The van der Waals surface area contributed by atoms with Gasteiger partial charge in [0.05, 0.1) is 17.8 Å². The first-order chi connectivity index (χ1) is 8.04. The van der Waals surface area contributed by atoms with Crippen LogP contribution in [0, 0.1) is 0 Å². The third-order valence-electron chi connectivity index (χ3n) is 3.16. The fraction of sp³-hybridized carbons (Fsp3) is 0.583. The fourth-order valence-electron chi connectivity index (χ4n) is 2.10. The van der Waals surface area contributed by atoms with Crippen LogP contribution in [0.3, 0.4) is 0 Å². The summed E-state index contributed by atoms with van der Waals surface area (Å²) in [6, 6.07) is 0. The molecule has 0 bridgehead atoms. The van der Waals surface area contributed by atoms with Gasteiger partial charge in [-0.3, -0.25) is 0 Å². The Morgan fingerprint density at radius 2 is 2.24 bits per heavy atom. The van der Waals surface area contributed by atoms with Crippen molar-refractivity contribution in [3.8, 4) is 0 Å². The standard InChI is InChI=1S/C12H16O5/c1-2-6(13)5-9-7-3-4-8(14)11(15)10(7)12(16)17-9/h5-6,8,11,13-15H,2-4H2,1H3/b9-5-/t6-,8-,11+/m1/s1. The van der Waals surface area contributed by atoms with Crippen LogP contribution >= 0.6 is 0 Å². The number of hydrogen-bond donors (Lipinski definition) is 3. The first-order valence-electron chi connectivity index (χ1n) is 5.76. The largest absolute Gasteiger partial charge is 0.423 e. The van der Waals surface area contributed by atoms with Gasteiger partial charge in [-0.25, -0.2) is 4.79 Å². The molecule has 17 heavy (non-hydrogen) atoms. The van der Waals surface area contributed by atoms with Crippen molar-refractivity contribution in [1.29, 1.82) is 0 Å². The second-order valence-corrected chi connectivity index (χ2v) is 4.34. The van der Waals surface area contributed by atoms with Crippen LogP contribution in [0.15, 0.2) is 23.0 Å². The highest BCUT2D eigenvalue weighted by Crippen LogP contribution is 2.37. The van der Waals surface area contributed by atoms with Crippen LogP contribution in [0.1, 0.15) is 26.2 Å². The summed E-state index contributed by atoms with van der Waals surface area (Å²) in [6.07, 6.45) is 0.0818. The Kier molecular flexibility index (Phi) is 3.33. The number of allylic oxidation sites excluding steroid dienone is 1. The van der Waals surface area contributed by atoms with Gasteiger partial charge in [-0.05, 0) is 25.3 Å². The zero-order chi connectivity index (χ0) is 12.6. The predicted molar refractivity (Wildman–Crippen MR) is 58.7 cm³/mol. The number of rotatable bonds is 2. The average Bonchev–Trinajstić information content (AvgIpc) is 2.61. The molecule has 5 heteroatoms. The van der Waals surface area contributed by atoms with Crippen molar-refractivity contribution >= 4 is 5.97 Å². The highest BCUT2D eigenvalue weighted by Gasteiger charge is 2.40. The van der Waals surface area contributed by atoms with Crippen molar-refractivity contribution in [2.24, 2.45) is 0 Å². The van der Waals surface area contributed by atoms with Gasteiger partial charge in [0.2, 0.25) is 0 Å². The van der Waals surface area contributed by atoms with Crippen LogP contribution < -0.4 is 0 Å². The molecule has 1 aliphatic carbocycles. The van der Waals surface area contributed by atoms with Crippen molar-refractivity contribution in [2.75, 3.05) is 0 Å². The highest BCUT2D eigenvalue weighted by atomic mass is 16.5. The van der Waals surface area contributed by atoms with Crippen LogP contribution in [-0.2, 0) is 9.53 Å². The summed E-state index contributed by atoms with van der Waals surface area (Å²) in [4.78, 5) is 11.6. The van der Waals surface area contributed by atoms with E-state index in [1.54, 1.807) is 0 Å². The van der Waals surface area contributed by atoms with Crippen LogP contribution in [0.4, 0.5) is 0 Å². The third kappa shape index (κ3) is 2.13. The number of carbonyl (C=O) groups is 1. The maximum absolute atomic E-state index is 11.6. The second kappa shape index (κ2) is 4.60. The first-order valence-corrected chi connectivity index (χ1v) is 5.76. The molecule has 2 rings (SSSR count). The van der Waals surface area contributed by atoms with Gasteiger partial charge >= 0.3 is 5.97 Å². The minimum Gasteiger partial charge on any atom is -0.423 e. The lowest BCUT2D eigenvalue weighted by molar-refractivity contribution is -0.135. The SMILES string of the molecule is CC[C@@H](O)/C=C1\OC(=O)C2=C1CC[C@@H](O)[C@@H]2O. The van der Waals surface area contributed by atoms with Gasteiger partial charge in [0, 0.05) is 5.57 Å². The summed E-state index contributed by atoms with van der Waals surface area (Å²) in [7, 11) is 0. The minimum atomic E-state index is -1.18. The molecule has 0 amide bonds. The number of carbonyl (C=O) groups excluding carboxylic acids is 1. The van der Waals surface area contributed by atoms with Gasteiger partial charge < -0.3 is 20.1 Å². The van der Waals surface area contributed by atoms with E-state index >= 15 is 0 Å². The number of aliphatic hydroxyl groups is 3. The van der Waals surface area contributed by atoms with E-state index in [9.17, 15) is 20.1 Å². The monoisotopic (exact) mass is 240 g/mol. The lowest BCUT2D eigenvalue weighted by Gasteiger charge is -2.22. The normalized spacial score (nSPS) is 32.7. The van der Waals surface area contributed by atoms with E-state index in [-0.39, 0.29) is 5.57 Å². The van der Waals surface area contributed by atoms with E-state index in [4.69, 9.17) is 4.74 Å². The zero-order valence-corrected chi connectivity index (χ0v) is 9.59. The molecule has 0 aromatic carbocycles. The molecule has 0 radical (unpaired) electrons. The molecular formula is C12H16O5. The van der Waals surface area contributed by atoms with Crippen LogP contribution in [0.25, 0.3) is 0 Å². The van der Waals surface area contributed by atoms with Gasteiger partial charge in [0.15, 0.2) is 0 Å². The molecule has 1 aliphatic heterocycles. The average molecular weight is 240 g/mol. The highest BCUT2D eigenvalue weighted by molar-refractivity contribution is 5.96. The number of cyclic esters (lactones) is 1. The Balaban J connectivity index is 2.34. The smallest absolute Gasteiger partial charge is 0.342 e. The van der Waals surface area contributed by atoms with E-state index in [2.05, 4.69) is 0 Å². The molecule has 0 spiro atoms. The van der Waals surface area contributed by atoms with E-state index in [1.165, 1.54) is 6.08 Å². The van der Waals surface area contributed by atoms with Gasteiger partial charge in [-0.1, -0.05) is 6.92 Å². The molecule has 3 N–H and O–H groups in total. The maximum Gasteiger partial charge on any atom is 0.342 e. The van der Waals surface area contributed by atoms with Crippen molar-refractivity contribution in [3.05, 3.63) is 23.0 Å². The van der Waals surface area contributed by atoms with Crippen molar-refractivity contribution in [3.63, 3.8) is 0 Å². The summed E-state index contributed by atoms with van der Waals surface area (Å²) < 4.78 is 5.02. The van der Waals surface area contributed by atoms with Crippen LogP contribution in [-0.4, -0.2) is 39.6 Å². The van der Waals surface area contributed by atoms with E-state index in [0.29, 0.717) is 30.6 Å². The van der Waals surface area contributed by atoms with E-state index < -0.39 is 24.3 Å². The third-order valence-corrected chi connectivity index (χ3v) is 3.16. The molecule has 0 unspecified atom stereocenters. The van der Waals surface area contributed by atoms with Crippen molar-refractivity contribution in [1.82, 2.24) is 0 Å². The number of hydrogen-bond acceptors (Lipinski definition) is 5. The molecule has 5 nitrogen and oxygen atoms in total. The van der Waals surface area contributed by atoms with Gasteiger partial charge in [0.1, 0.15) is 11.9 Å². The zero-order valence-electron chi connectivity index (χ0n) is 9.59.